The number of aryl methyl sites for hydroxylation is 1. The van der Waals surface area contributed by atoms with Crippen molar-refractivity contribution >= 4 is 5.82 Å². The molecule has 0 radical (unpaired) electrons. The molecule has 7 heteroatoms. The summed E-state index contributed by atoms with van der Waals surface area (Å²) in [6.07, 6.45) is 8.18. The summed E-state index contributed by atoms with van der Waals surface area (Å²) < 4.78 is 1.68. The number of piperidine rings is 1. The summed E-state index contributed by atoms with van der Waals surface area (Å²) in [5.74, 6) is 0.899. The van der Waals surface area contributed by atoms with Gasteiger partial charge in [0.05, 0.1) is 6.33 Å². The summed E-state index contributed by atoms with van der Waals surface area (Å²) in [6, 6.07) is 0. The highest BCUT2D eigenvalue weighted by Crippen LogP contribution is 2.20. The van der Waals surface area contributed by atoms with E-state index in [0.717, 1.165) is 25.9 Å². The molecule has 0 amide bonds. The maximum absolute atomic E-state index is 12.0. The first-order valence-electron chi connectivity index (χ1n) is 7.45. The van der Waals surface area contributed by atoms with Gasteiger partial charge in [-0.1, -0.05) is 0 Å². The Morgan fingerprint density at radius 3 is 2.82 bits per heavy atom. The molecule has 7 nitrogen and oxygen atoms in total. The van der Waals surface area contributed by atoms with Gasteiger partial charge in [0.1, 0.15) is 0 Å². The topological polar surface area (TPSA) is 83.9 Å². The SMILES string of the molecule is Cc1cncn(CC2CCN(c3ncc[nH]c3=O)CC2)c1=O. The summed E-state index contributed by atoms with van der Waals surface area (Å²) in [6.45, 7) is 4.01. The fourth-order valence-electron chi connectivity index (χ4n) is 2.86. The molecular formula is C15H19N5O2. The van der Waals surface area contributed by atoms with Gasteiger partial charge < -0.3 is 9.88 Å². The number of aromatic amines is 1. The largest absolute Gasteiger partial charge is 0.352 e. The van der Waals surface area contributed by atoms with Crippen LogP contribution in [-0.2, 0) is 6.54 Å². The normalized spacial score (nSPS) is 16.0. The molecule has 116 valence electrons. The van der Waals surface area contributed by atoms with E-state index in [2.05, 4.69) is 15.0 Å². The first kappa shape index (κ1) is 14.5. The number of rotatable bonds is 3. The third kappa shape index (κ3) is 2.93. The van der Waals surface area contributed by atoms with Gasteiger partial charge in [-0.25, -0.2) is 9.97 Å². The van der Waals surface area contributed by atoms with E-state index in [1.165, 1.54) is 6.20 Å². The van der Waals surface area contributed by atoms with Gasteiger partial charge in [-0.3, -0.25) is 14.2 Å². The molecule has 0 bridgehead atoms. The zero-order chi connectivity index (χ0) is 15.5. The van der Waals surface area contributed by atoms with Gasteiger partial charge in [0, 0.05) is 43.8 Å². The fraction of sp³-hybridized carbons (Fsp3) is 0.467. The third-order valence-corrected chi connectivity index (χ3v) is 4.13. The Bertz CT molecular complexity index is 759. The van der Waals surface area contributed by atoms with Crippen LogP contribution in [-0.4, -0.2) is 32.6 Å². The molecule has 0 atom stereocenters. The van der Waals surface area contributed by atoms with Gasteiger partial charge >= 0.3 is 0 Å². The number of hydrogen-bond donors (Lipinski definition) is 1. The lowest BCUT2D eigenvalue weighted by Crippen LogP contribution is -2.39. The highest BCUT2D eigenvalue weighted by molar-refractivity contribution is 5.35. The molecule has 1 aliphatic heterocycles. The second-order valence-corrected chi connectivity index (χ2v) is 5.71. The summed E-state index contributed by atoms with van der Waals surface area (Å²) in [5, 5.41) is 0. The summed E-state index contributed by atoms with van der Waals surface area (Å²) in [4.78, 5) is 36.7. The zero-order valence-electron chi connectivity index (χ0n) is 12.5. The van der Waals surface area contributed by atoms with Crippen molar-refractivity contribution in [3.63, 3.8) is 0 Å². The fourth-order valence-corrected chi connectivity index (χ4v) is 2.86. The first-order valence-corrected chi connectivity index (χ1v) is 7.45. The molecule has 22 heavy (non-hydrogen) atoms. The van der Waals surface area contributed by atoms with Crippen LogP contribution >= 0.6 is 0 Å². The van der Waals surface area contributed by atoms with E-state index in [4.69, 9.17) is 0 Å². The van der Waals surface area contributed by atoms with E-state index in [1.54, 1.807) is 30.2 Å². The second-order valence-electron chi connectivity index (χ2n) is 5.71. The number of H-pyrrole nitrogens is 1. The molecule has 0 aromatic carbocycles. The number of nitrogens with one attached hydrogen (secondary N) is 1. The van der Waals surface area contributed by atoms with Crippen LogP contribution in [0.25, 0.3) is 0 Å². The van der Waals surface area contributed by atoms with Gasteiger partial charge in [0.25, 0.3) is 11.1 Å². The van der Waals surface area contributed by atoms with Crippen LogP contribution in [0.5, 0.6) is 0 Å². The lowest BCUT2D eigenvalue weighted by atomic mass is 9.96. The Hall–Kier alpha value is -2.44. The van der Waals surface area contributed by atoms with E-state index in [1.807, 2.05) is 4.90 Å². The molecule has 1 saturated heterocycles. The molecule has 3 rings (SSSR count). The molecule has 1 fully saturated rings. The Kier molecular flexibility index (Phi) is 4.04. The minimum Gasteiger partial charge on any atom is -0.352 e. The Balaban J connectivity index is 1.65. The molecule has 1 aliphatic rings. The smallest absolute Gasteiger partial charge is 0.290 e. The average Bonchev–Trinajstić information content (AvgIpc) is 2.53. The maximum Gasteiger partial charge on any atom is 0.290 e. The van der Waals surface area contributed by atoms with Crippen LogP contribution in [0.1, 0.15) is 18.4 Å². The van der Waals surface area contributed by atoms with E-state index in [9.17, 15) is 9.59 Å². The Morgan fingerprint density at radius 1 is 1.32 bits per heavy atom. The van der Waals surface area contributed by atoms with Crippen LogP contribution in [0.4, 0.5) is 5.82 Å². The van der Waals surface area contributed by atoms with E-state index >= 15 is 0 Å². The molecule has 3 heterocycles. The highest BCUT2D eigenvalue weighted by Gasteiger charge is 2.22. The van der Waals surface area contributed by atoms with Crippen LogP contribution in [0.2, 0.25) is 0 Å². The predicted octanol–water partition coefficient (Wildman–Crippen LogP) is 0.552. The van der Waals surface area contributed by atoms with Crippen LogP contribution in [0.3, 0.4) is 0 Å². The molecule has 0 spiro atoms. The minimum atomic E-state index is -0.153. The predicted molar refractivity (Wildman–Crippen MR) is 83.0 cm³/mol. The van der Waals surface area contributed by atoms with Crippen molar-refractivity contribution in [1.82, 2.24) is 19.5 Å². The van der Waals surface area contributed by atoms with Crippen LogP contribution < -0.4 is 16.0 Å². The molecule has 2 aromatic heterocycles. The monoisotopic (exact) mass is 301 g/mol. The number of aromatic nitrogens is 4. The average molecular weight is 301 g/mol. The van der Waals surface area contributed by atoms with Gasteiger partial charge in [-0.2, -0.15) is 0 Å². The number of hydrogen-bond acceptors (Lipinski definition) is 5. The van der Waals surface area contributed by atoms with Crippen molar-refractivity contribution in [3.8, 4) is 0 Å². The van der Waals surface area contributed by atoms with Gasteiger partial charge in [-0.15, -0.1) is 0 Å². The lowest BCUT2D eigenvalue weighted by molar-refractivity contribution is 0.349. The first-order chi connectivity index (χ1) is 10.6. The van der Waals surface area contributed by atoms with Crippen molar-refractivity contribution in [2.24, 2.45) is 5.92 Å². The van der Waals surface area contributed by atoms with Gasteiger partial charge in [0.15, 0.2) is 5.82 Å². The number of nitrogens with zero attached hydrogens (tertiary/aromatic N) is 4. The minimum absolute atomic E-state index is 0.0265. The standard InChI is InChI=1S/C15H19N5O2/c1-11-8-16-10-20(15(11)22)9-12-2-6-19(7-3-12)13-14(21)18-5-4-17-13/h4-5,8,10,12H,2-3,6-7,9H2,1H3,(H,18,21). The highest BCUT2D eigenvalue weighted by atomic mass is 16.1. The van der Waals surface area contributed by atoms with Crippen LogP contribution in [0.15, 0.2) is 34.5 Å². The molecule has 2 aromatic rings. The summed E-state index contributed by atoms with van der Waals surface area (Å²) in [7, 11) is 0. The van der Waals surface area contributed by atoms with E-state index < -0.39 is 0 Å². The van der Waals surface area contributed by atoms with Crippen molar-refractivity contribution < 1.29 is 0 Å². The molecule has 0 unspecified atom stereocenters. The quantitative estimate of drug-likeness (QED) is 0.895. The van der Waals surface area contributed by atoms with Crippen LogP contribution in [0, 0.1) is 12.8 Å². The third-order valence-electron chi connectivity index (χ3n) is 4.13. The van der Waals surface area contributed by atoms with Gasteiger partial charge in [0.2, 0.25) is 0 Å². The summed E-state index contributed by atoms with van der Waals surface area (Å²) in [5.41, 5.74) is 0.540. The lowest BCUT2D eigenvalue weighted by Gasteiger charge is -2.32. The summed E-state index contributed by atoms with van der Waals surface area (Å²) >= 11 is 0. The van der Waals surface area contributed by atoms with Crippen molar-refractivity contribution in [2.75, 3.05) is 18.0 Å². The van der Waals surface area contributed by atoms with Crippen molar-refractivity contribution in [1.29, 1.82) is 0 Å². The Labute approximate surface area is 127 Å². The second kappa shape index (κ2) is 6.13. The van der Waals surface area contributed by atoms with Crippen molar-refractivity contribution in [2.45, 2.75) is 26.3 Å². The molecule has 0 aliphatic carbocycles. The zero-order valence-corrected chi connectivity index (χ0v) is 12.5. The number of anilines is 1. The Morgan fingerprint density at radius 2 is 2.09 bits per heavy atom. The molecule has 0 saturated carbocycles. The molecular weight excluding hydrogens is 282 g/mol. The maximum atomic E-state index is 12.0. The van der Waals surface area contributed by atoms with Crippen molar-refractivity contribution in [3.05, 3.63) is 51.2 Å². The van der Waals surface area contributed by atoms with E-state index in [0.29, 0.717) is 23.8 Å². The van der Waals surface area contributed by atoms with Gasteiger partial charge in [-0.05, 0) is 25.7 Å². The molecule has 1 N–H and O–H groups in total. The van der Waals surface area contributed by atoms with E-state index in [-0.39, 0.29) is 11.1 Å².